The second kappa shape index (κ2) is 5.54. The van der Waals surface area contributed by atoms with Gasteiger partial charge in [-0.25, -0.2) is 13.8 Å². The van der Waals surface area contributed by atoms with Crippen molar-refractivity contribution in [1.82, 2.24) is 4.98 Å². The van der Waals surface area contributed by atoms with Gasteiger partial charge in [-0.3, -0.25) is 5.43 Å². The van der Waals surface area contributed by atoms with Gasteiger partial charge in [0, 0.05) is 16.5 Å². The highest BCUT2D eigenvalue weighted by atomic mass is 32.1. The van der Waals surface area contributed by atoms with Gasteiger partial charge in [0.05, 0.1) is 6.21 Å². The molecule has 7 heteroatoms. The van der Waals surface area contributed by atoms with Crippen molar-refractivity contribution in [3.63, 3.8) is 0 Å². The molecule has 18 heavy (non-hydrogen) atoms. The maximum absolute atomic E-state index is 12.7. The topological polar surface area (TPSA) is 63.3 Å². The Morgan fingerprint density at radius 1 is 1.39 bits per heavy atom. The number of anilines is 2. The van der Waals surface area contributed by atoms with Crippen molar-refractivity contribution in [2.24, 2.45) is 5.10 Å². The molecule has 0 bridgehead atoms. The molecule has 4 nitrogen and oxygen atoms in total. The van der Waals surface area contributed by atoms with E-state index in [0.717, 1.165) is 0 Å². The molecule has 2 rings (SSSR count). The number of nitrogen functional groups attached to an aromatic ring is 1. The van der Waals surface area contributed by atoms with Crippen LogP contribution in [0.25, 0.3) is 0 Å². The minimum Gasteiger partial charge on any atom is -0.383 e. The van der Waals surface area contributed by atoms with Crippen molar-refractivity contribution >= 4 is 28.5 Å². The van der Waals surface area contributed by atoms with Crippen LogP contribution in [0.3, 0.4) is 0 Å². The largest absolute Gasteiger partial charge is 0.383 e. The lowest BCUT2D eigenvalue weighted by molar-refractivity contribution is 0.151. The van der Waals surface area contributed by atoms with E-state index in [1.54, 1.807) is 23.6 Å². The van der Waals surface area contributed by atoms with E-state index in [9.17, 15) is 8.78 Å². The fourth-order valence-electron chi connectivity index (χ4n) is 1.32. The first kappa shape index (κ1) is 12.4. The Kier molecular flexibility index (Phi) is 3.83. The summed E-state index contributed by atoms with van der Waals surface area (Å²) in [6.07, 6.45) is -1.19. The summed E-state index contributed by atoms with van der Waals surface area (Å²) >= 11 is 1.29. The zero-order valence-corrected chi connectivity index (χ0v) is 9.99. The van der Waals surface area contributed by atoms with Crippen LogP contribution < -0.4 is 11.2 Å². The standard InChI is InChI=1S/C11H10F2N4S/c12-10(13)8-4-2-1-3-7(8)5-15-17-11-16-9(14)6-18-11/h1-6,10H,14H2,(H,16,17). The molecule has 2 aromatic rings. The molecule has 0 aliphatic carbocycles. The van der Waals surface area contributed by atoms with Crippen LogP contribution in [-0.4, -0.2) is 11.2 Å². The van der Waals surface area contributed by atoms with Gasteiger partial charge in [0.1, 0.15) is 5.82 Å². The average Bonchev–Trinajstić information content (AvgIpc) is 2.75. The number of alkyl halides is 2. The monoisotopic (exact) mass is 268 g/mol. The van der Waals surface area contributed by atoms with E-state index in [0.29, 0.717) is 16.5 Å². The van der Waals surface area contributed by atoms with Crippen LogP contribution in [-0.2, 0) is 0 Å². The minimum absolute atomic E-state index is 0.0540. The third kappa shape index (κ3) is 3.01. The molecule has 0 aliphatic heterocycles. The van der Waals surface area contributed by atoms with Crippen LogP contribution in [0.5, 0.6) is 0 Å². The lowest BCUT2D eigenvalue weighted by atomic mass is 10.1. The van der Waals surface area contributed by atoms with E-state index in [4.69, 9.17) is 5.73 Å². The first-order chi connectivity index (χ1) is 8.66. The van der Waals surface area contributed by atoms with Gasteiger partial charge in [-0.1, -0.05) is 24.3 Å². The Balaban J connectivity index is 2.09. The predicted octanol–water partition coefficient (Wildman–Crippen LogP) is 3.11. The highest BCUT2D eigenvalue weighted by molar-refractivity contribution is 7.14. The second-order valence-corrected chi connectivity index (χ2v) is 4.24. The number of halogens is 2. The number of nitrogens with two attached hydrogens (primary N) is 1. The smallest absolute Gasteiger partial charge is 0.264 e. The van der Waals surface area contributed by atoms with Gasteiger partial charge in [0.25, 0.3) is 6.43 Å². The van der Waals surface area contributed by atoms with Crippen molar-refractivity contribution in [2.45, 2.75) is 6.43 Å². The van der Waals surface area contributed by atoms with Crippen molar-refractivity contribution in [3.8, 4) is 0 Å². The molecular formula is C11H10F2N4S. The van der Waals surface area contributed by atoms with Crippen LogP contribution >= 0.6 is 11.3 Å². The molecule has 0 saturated heterocycles. The summed E-state index contributed by atoms with van der Waals surface area (Å²) in [7, 11) is 0. The van der Waals surface area contributed by atoms with Crippen molar-refractivity contribution in [2.75, 3.05) is 11.2 Å². The van der Waals surface area contributed by atoms with Crippen molar-refractivity contribution in [1.29, 1.82) is 0 Å². The number of aromatic nitrogens is 1. The maximum atomic E-state index is 12.7. The molecule has 0 spiro atoms. The first-order valence-corrected chi connectivity index (χ1v) is 5.92. The summed E-state index contributed by atoms with van der Waals surface area (Å²) in [6, 6.07) is 6.18. The van der Waals surface area contributed by atoms with Gasteiger partial charge < -0.3 is 5.73 Å². The summed E-state index contributed by atoms with van der Waals surface area (Å²) in [5.41, 5.74) is 8.38. The van der Waals surface area contributed by atoms with Crippen LogP contribution in [0.2, 0.25) is 0 Å². The Morgan fingerprint density at radius 2 is 2.17 bits per heavy atom. The number of benzene rings is 1. The van der Waals surface area contributed by atoms with E-state index in [1.807, 2.05) is 0 Å². The van der Waals surface area contributed by atoms with Gasteiger partial charge in [-0.05, 0) is 0 Å². The molecule has 3 N–H and O–H groups in total. The van der Waals surface area contributed by atoms with Gasteiger partial charge in [-0.15, -0.1) is 11.3 Å². The van der Waals surface area contributed by atoms with E-state index in [1.165, 1.54) is 23.6 Å². The van der Waals surface area contributed by atoms with Crippen LogP contribution in [0.1, 0.15) is 17.6 Å². The number of hydrogen-bond donors (Lipinski definition) is 2. The molecule has 0 aliphatic rings. The molecule has 0 amide bonds. The number of hydrazone groups is 1. The van der Waals surface area contributed by atoms with Crippen LogP contribution in [0, 0.1) is 0 Å². The van der Waals surface area contributed by atoms with E-state index < -0.39 is 6.43 Å². The summed E-state index contributed by atoms with van der Waals surface area (Å²) in [4.78, 5) is 3.92. The highest BCUT2D eigenvalue weighted by Gasteiger charge is 2.10. The molecule has 0 saturated carbocycles. The molecule has 1 aromatic carbocycles. The Labute approximate surface area is 106 Å². The zero-order chi connectivity index (χ0) is 13.0. The first-order valence-electron chi connectivity index (χ1n) is 5.04. The normalized spacial score (nSPS) is 11.3. The molecule has 0 radical (unpaired) electrons. The SMILES string of the molecule is Nc1csc(NN=Cc2ccccc2C(F)F)n1. The third-order valence-corrected chi connectivity index (χ3v) is 2.88. The van der Waals surface area contributed by atoms with Crippen molar-refractivity contribution in [3.05, 3.63) is 40.8 Å². The summed E-state index contributed by atoms with van der Waals surface area (Å²) in [6.45, 7) is 0. The minimum atomic E-state index is -2.52. The molecule has 0 unspecified atom stereocenters. The highest BCUT2D eigenvalue weighted by Crippen LogP contribution is 2.21. The molecular weight excluding hydrogens is 258 g/mol. The molecule has 94 valence electrons. The molecule has 1 aromatic heterocycles. The number of nitrogens with one attached hydrogen (secondary N) is 1. The predicted molar refractivity (Wildman–Crippen MR) is 69.1 cm³/mol. The van der Waals surface area contributed by atoms with E-state index in [2.05, 4.69) is 15.5 Å². The summed E-state index contributed by atoms with van der Waals surface area (Å²) in [5.74, 6) is 0.394. The lowest BCUT2D eigenvalue weighted by Crippen LogP contribution is -1.95. The van der Waals surface area contributed by atoms with Gasteiger partial charge in [0.15, 0.2) is 0 Å². The van der Waals surface area contributed by atoms with Crippen LogP contribution in [0.15, 0.2) is 34.7 Å². The Hall–Kier alpha value is -2.02. The third-order valence-electron chi connectivity index (χ3n) is 2.12. The van der Waals surface area contributed by atoms with Crippen LogP contribution in [0.4, 0.5) is 19.7 Å². The molecule has 0 atom stereocenters. The Bertz CT molecular complexity index is 553. The van der Waals surface area contributed by atoms with Gasteiger partial charge in [0.2, 0.25) is 5.13 Å². The fraction of sp³-hybridized carbons (Fsp3) is 0.0909. The zero-order valence-electron chi connectivity index (χ0n) is 9.18. The quantitative estimate of drug-likeness (QED) is 0.661. The van der Waals surface area contributed by atoms with Gasteiger partial charge >= 0.3 is 0 Å². The van der Waals surface area contributed by atoms with E-state index >= 15 is 0 Å². The number of thiazole rings is 1. The Morgan fingerprint density at radius 3 is 2.83 bits per heavy atom. The average molecular weight is 268 g/mol. The van der Waals surface area contributed by atoms with Crippen molar-refractivity contribution < 1.29 is 8.78 Å². The maximum Gasteiger partial charge on any atom is 0.264 e. The number of rotatable bonds is 4. The molecule has 1 heterocycles. The number of hydrogen-bond acceptors (Lipinski definition) is 5. The molecule has 0 fully saturated rings. The fourth-order valence-corrected chi connectivity index (χ4v) is 1.87. The van der Waals surface area contributed by atoms with E-state index in [-0.39, 0.29) is 5.56 Å². The summed E-state index contributed by atoms with van der Waals surface area (Å²) < 4.78 is 25.3. The second-order valence-electron chi connectivity index (χ2n) is 3.38. The number of nitrogens with zero attached hydrogens (tertiary/aromatic N) is 2. The van der Waals surface area contributed by atoms with Gasteiger partial charge in [-0.2, -0.15) is 5.10 Å². The summed E-state index contributed by atoms with van der Waals surface area (Å²) in [5, 5.41) is 6.02. The lowest BCUT2D eigenvalue weighted by Gasteiger charge is -2.03.